The minimum Gasteiger partial charge on any atom is -0.493 e. The Kier molecular flexibility index (Phi) is 7.55. The van der Waals surface area contributed by atoms with Crippen molar-refractivity contribution in [1.82, 2.24) is 5.32 Å². The number of amides is 1. The monoisotopic (exact) mass is 416 g/mol. The number of hydrogen-bond donors (Lipinski definition) is 3. The molecule has 2 aromatic rings. The average molecular weight is 416 g/mol. The van der Waals surface area contributed by atoms with Gasteiger partial charge in [-0.05, 0) is 48.1 Å². The Labute approximate surface area is 173 Å². The van der Waals surface area contributed by atoms with Crippen molar-refractivity contribution in [1.29, 1.82) is 0 Å². The van der Waals surface area contributed by atoms with Gasteiger partial charge >= 0.3 is 5.97 Å². The van der Waals surface area contributed by atoms with E-state index in [-0.39, 0.29) is 10.7 Å². The molecule has 0 aromatic heterocycles. The summed E-state index contributed by atoms with van der Waals surface area (Å²) in [7, 11) is 4.38. The molecule has 0 heterocycles. The van der Waals surface area contributed by atoms with Crippen molar-refractivity contribution in [3.63, 3.8) is 0 Å². The van der Waals surface area contributed by atoms with Crippen molar-refractivity contribution in [3.8, 4) is 17.2 Å². The number of methoxy groups -OCH3 is 3. The van der Waals surface area contributed by atoms with Crippen molar-refractivity contribution in [3.05, 3.63) is 53.6 Å². The van der Waals surface area contributed by atoms with E-state index in [1.165, 1.54) is 39.5 Å². The van der Waals surface area contributed by atoms with Crippen LogP contribution >= 0.6 is 12.2 Å². The van der Waals surface area contributed by atoms with Crippen LogP contribution in [0.1, 0.15) is 15.9 Å². The van der Waals surface area contributed by atoms with Gasteiger partial charge in [0.15, 0.2) is 16.6 Å². The zero-order valence-electron chi connectivity index (χ0n) is 16.0. The van der Waals surface area contributed by atoms with Gasteiger partial charge < -0.3 is 24.6 Å². The third kappa shape index (κ3) is 5.94. The van der Waals surface area contributed by atoms with Gasteiger partial charge in [-0.15, -0.1) is 0 Å². The van der Waals surface area contributed by atoms with Gasteiger partial charge in [-0.2, -0.15) is 0 Å². The predicted molar refractivity (Wildman–Crippen MR) is 113 cm³/mol. The van der Waals surface area contributed by atoms with Crippen LogP contribution in [-0.4, -0.2) is 43.4 Å². The van der Waals surface area contributed by atoms with Crippen molar-refractivity contribution in [2.75, 3.05) is 26.6 Å². The van der Waals surface area contributed by atoms with E-state index in [0.29, 0.717) is 28.5 Å². The van der Waals surface area contributed by atoms with Gasteiger partial charge in [0.05, 0.1) is 21.3 Å². The summed E-state index contributed by atoms with van der Waals surface area (Å²) >= 11 is 5.19. The van der Waals surface area contributed by atoms with Gasteiger partial charge in [0.1, 0.15) is 0 Å². The maximum Gasteiger partial charge on any atom is 0.328 e. The molecular weight excluding hydrogens is 396 g/mol. The minimum absolute atomic E-state index is 0.0723. The number of carbonyl (C=O) groups is 2. The molecule has 0 aliphatic rings. The quantitative estimate of drug-likeness (QED) is 0.467. The lowest BCUT2D eigenvalue weighted by molar-refractivity contribution is -0.131. The maximum absolute atomic E-state index is 12.6. The fourth-order valence-corrected chi connectivity index (χ4v) is 2.65. The lowest BCUT2D eigenvalue weighted by Gasteiger charge is -2.14. The summed E-state index contributed by atoms with van der Waals surface area (Å²) in [6.07, 6.45) is 2.48. The zero-order chi connectivity index (χ0) is 21.4. The molecule has 9 heteroatoms. The van der Waals surface area contributed by atoms with Gasteiger partial charge in [0.2, 0.25) is 5.75 Å². The van der Waals surface area contributed by atoms with Crippen LogP contribution in [0.3, 0.4) is 0 Å². The molecule has 0 fully saturated rings. The molecule has 1 amide bonds. The smallest absolute Gasteiger partial charge is 0.328 e. The molecule has 29 heavy (non-hydrogen) atoms. The summed E-state index contributed by atoms with van der Waals surface area (Å²) in [5.41, 5.74) is 1.52. The lowest BCUT2D eigenvalue weighted by Crippen LogP contribution is -2.34. The Balaban J connectivity index is 2.12. The molecule has 0 aliphatic heterocycles. The summed E-state index contributed by atoms with van der Waals surface area (Å²) in [6, 6.07) is 9.91. The van der Waals surface area contributed by atoms with Gasteiger partial charge in [0, 0.05) is 17.3 Å². The second kappa shape index (κ2) is 10.1. The average Bonchev–Trinajstić information content (AvgIpc) is 2.71. The van der Waals surface area contributed by atoms with Crippen LogP contribution in [0, 0.1) is 0 Å². The van der Waals surface area contributed by atoms with E-state index in [2.05, 4.69) is 10.6 Å². The lowest BCUT2D eigenvalue weighted by atomic mass is 10.1. The Morgan fingerprint density at radius 3 is 2.24 bits per heavy atom. The summed E-state index contributed by atoms with van der Waals surface area (Å²) < 4.78 is 15.7. The predicted octanol–water partition coefficient (Wildman–Crippen LogP) is 2.94. The highest BCUT2D eigenvalue weighted by molar-refractivity contribution is 7.80. The standard InChI is InChI=1S/C20H20N2O6S/c1-26-15-10-13(11-16(27-2)18(15)28-3)19(25)22-20(29)21-14-6-4-5-12(9-14)7-8-17(23)24/h4-11H,1-3H3,(H,23,24)(H2,21,22,25,29)/b8-7+. The second-order valence-electron chi connectivity index (χ2n) is 5.62. The number of thiocarbonyl (C=S) groups is 1. The molecule has 0 saturated heterocycles. The van der Waals surface area contributed by atoms with Crippen molar-refractivity contribution in [2.45, 2.75) is 0 Å². The summed E-state index contributed by atoms with van der Waals surface area (Å²) in [4.78, 5) is 23.2. The number of carboxylic acid groups (broad SMARTS) is 1. The number of carboxylic acids is 1. The van der Waals surface area contributed by atoms with Crippen LogP contribution in [0.15, 0.2) is 42.5 Å². The third-order valence-electron chi connectivity index (χ3n) is 3.72. The van der Waals surface area contributed by atoms with E-state index in [1.807, 2.05) is 0 Å². The van der Waals surface area contributed by atoms with Crippen LogP contribution in [0.4, 0.5) is 5.69 Å². The molecule has 8 nitrogen and oxygen atoms in total. The molecule has 0 saturated carbocycles. The number of aliphatic carboxylic acids is 1. The SMILES string of the molecule is COc1cc(C(=O)NC(=S)Nc2cccc(/C=C/C(=O)O)c2)cc(OC)c1OC. The molecule has 0 spiro atoms. The maximum atomic E-state index is 12.6. The molecule has 0 atom stereocenters. The number of ether oxygens (including phenoxy) is 3. The number of rotatable bonds is 7. The van der Waals surface area contributed by atoms with E-state index in [0.717, 1.165) is 6.08 Å². The van der Waals surface area contributed by atoms with E-state index >= 15 is 0 Å². The van der Waals surface area contributed by atoms with Crippen LogP contribution in [0.25, 0.3) is 6.08 Å². The largest absolute Gasteiger partial charge is 0.493 e. The Bertz CT molecular complexity index is 933. The molecule has 152 valence electrons. The highest BCUT2D eigenvalue weighted by atomic mass is 32.1. The zero-order valence-corrected chi connectivity index (χ0v) is 16.8. The van der Waals surface area contributed by atoms with Gasteiger partial charge in [-0.25, -0.2) is 4.79 Å². The normalized spacial score (nSPS) is 10.3. The number of benzene rings is 2. The van der Waals surface area contributed by atoms with E-state index < -0.39 is 11.9 Å². The van der Waals surface area contributed by atoms with E-state index in [9.17, 15) is 9.59 Å². The Morgan fingerprint density at radius 2 is 1.69 bits per heavy atom. The highest BCUT2D eigenvalue weighted by Gasteiger charge is 2.17. The molecule has 3 N–H and O–H groups in total. The van der Waals surface area contributed by atoms with Gasteiger partial charge in [0.25, 0.3) is 5.91 Å². The summed E-state index contributed by atoms with van der Waals surface area (Å²) in [5, 5.41) is 14.2. The molecule has 2 aromatic carbocycles. The minimum atomic E-state index is -1.04. The topological polar surface area (TPSA) is 106 Å². The molecule has 0 unspecified atom stereocenters. The molecule has 0 radical (unpaired) electrons. The fourth-order valence-electron chi connectivity index (χ4n) is 2.44. The highest BCUT2D eigenvalue weighted by Crippen LogP contribution is 2.38. The number of carbonyl (C=O) groups excluding carboxylic acids is 1. The third-order valence-corrected chi connectivity index (χ3v) is 3.92. The number of anilines is 1. The molecular formula is C20H20N2O6S. The Morgan fingerprint density at radius 1 is 1.03 bits per heavy atom. The number of hydrogen-bond acceptors (Lipinski definition) is 6. The summed E-state index contributed by atoms with van der Waals surface area (Å²) in [5.74, 6) is -0.457. The fraction of sp³-hybridized carbons (Fsp3) is 0.150. The second-order valence-corrected chi connectivity index (χ2v) is 6.03. The molecule has 0 bridgehead atoms. The van der Waals surface area contributed by atoms with Gasteiger partial charge in [-0.3, -0.25) is 10.1 Å². The van der Waals surface area contributed by atoms with E-state index in [4.69, 9.17) is 31.5 Å². The van der Waals surface area contributed by atoms with E-state index in [1.54, 1.807) is 24.3 Å². The molecule has 0 aliphatic carbocycles. The first-order chi connectivity index (χ1) is 13.9. The van der Waals surface area contributed by atoms with Gasteiger partial charge in [-0.1, -0.05) is 12.1 Å². The van der Waals surface area contributed by atoms with Crippen LogP contribution in [-0.2, 0) is 4.79 Å². The number of nitrogens with one attached hydrogen (secondary N) is 2. The van der Waals surface area contributed by atoms with Crippen molar-refractivity contribution >= 4 is 41.0 Å². The Hall–Kier alpha value is -3.59. The summed E-state index contributed by atoms with van der Waals surface area (Å²) in [6.45, 7) is 0. The first kappa shape index (κ1) is 21.7. The first-order valence-electron chi connectivity index (χ1n) is 8.31. The first-order valence-corrected chi connectivity index (χ1v) is 8.72. The molecule has 2 rings (SSSR count). The van der Waals surface area contributed by atoms with Crippen LogP contribution < -0.4 is 24.8 Å². The van der Waals surface area contributed by atoms with Crippen molar-refractivity contribution < 1.29 is 28.9 Å². The van der Waals surface area contributed by atoms with Crippen LogP contribution in [0.5, 0.6) is 17.2 Å². The van der Waals surface area contributed by atoms with Crippen LogP contribution in [0.2, 0.25) is 0 Å². The van der Waals surface area contributed by atoms with Crippen molar-refractivity contribution in [2.24, 2.45) is 0 Å².